The Hall–Kier alpha value is -0.900. The molecule has 1 aromatic rings. The van der Waals surface area contributed by atoms with E-state index in [9.17, 15) is 0 Å². The molecule has 0 radical (unpaired) electrons. The van der Waals surface area contributed by atoms with Crippen LogP contribution in [0.4, 0.5) is 0 Å². The quantitative estimate of drug-likeness (QED) is 0.848. The Bertz CT molecular complexity index is 332. The van der Waals surface area contributed by atoms with Gasteiger partial charge in [-0.05, 0) is 39.0 Å². The monoisotopic (exact) mass is 222 g/mol. The Morgan fingerprint density at radius 1 is 1.50 bits per heavy atom. The van der Waals surface area contributed by atoms with Crippen molar-refractivity contribution in [1.29, 1.82) is 0 Å². The summed E-state index contributed by atoms with van der Waals surface area (Å²) in [6, 6.07) is 1.11. The van der Waals surface area contributed by atoms with Crippen LogP contribution in [0.2, 0.25) is 0 Å². The van der Waals surface area contributed by atoms with E-state index in [1.807, 2.05) is 6.33 Å². The van der Waals surface area contributed by atoms with Crippen molar-refractivity contribution in [3.8, 4) is 0 Å². The van der Waals surface area contributed by atoms with Crippen molar-refractivity contribution in [3.63, 3.8) is 0 Å². The molecule has 1 N–H and O–H groups in total. The second kappa shape index (κ2) is 4.95. The molecule has 1 aliphatic carbocycles. The highest BCUT2D eigenvalue weighted by molar-refractivity contribution is 4.89. The summed E-state index contributed by atoms with van der Waals surface area (Å²) in [4.78, 5) is 0. The average molecular weight is 222 g/mol. The van der Waals surface area contributed by atoms with Crippen molar-refractivity contribution in [2.45, 2.75) is 58.7 Å². The van der Waals surface area contributed by atoms with E-state index in [0.29, 0.717) is 12.1 Å². The molecule has 1 aromatic heterocycles. The van der Waals surface area contributed by atoms with Crippen molar-refractivity contribution in [1.82, 2.24) is 20.1 Å². The van der Waals surface area contributed by atoms with Gasteiger partial charge < -0.3 is 9.88 Å². The first-order chi connectivity index (χ1) is 7.66. The lowest BCUT2D eigenvalue weighted by Gasteiger charge is -2.14. The number of aromatic nitrogens is 3. The maximum absolute atomic E-state index is 4.17. The molecule has 0 bridgehead atoms. The van der Waals surface area contributed by atoms with Gasteiger partial charge in [0.25, 0.3) is 0 Å². The van der Waals surface area contributed by atoms with Gasteiger partial charge in [-0.15, -0.1) is 10.2 Å². The van der Waals surface area contributed by atoms with Gasteiger partial charge in [0.05, 0.1) is 6.54 Å². The molecule has 0 saturated heterocycles. The van der Waals surface area contributed by atoms with Gasteiger partial charge >= 0.3 is 0 Å². The summed E-state index contributed by atoms with van der Waals surface area (Å²) in [7, 11) is 0. The summed E-state index contributed by atoms with van der Waals surface area (Å²) >= 11 is 0. The predicted octanol–water partition coefficient (Wildman–Crippen LogP) is 2.14. The zero-order chi connectivity index (χ0) is 11.5. The molecule has 1 heterocycles. The molecule has 0 amide bonds. The zero-order valence-corrected chi connectivity index (χ0v) is 10.5. The van der Waals surface area contributed by atoms with Gasteiger partial charge in [-0.1, -0.05) is 6.92 Å². The van der Waals surface area contributed by atoms with E-state index in [1.165, 1.54) is 19.3 Å². The molecule has 0 aromatic carbocycles. The van der Waals surface area contributed by atoms with Gasteiger partial charge in [-0.3, -0.25) is 0 Å². The molecule has 1 aliphatic rings. The number of nitrogens with one attached hydrogen (secondary N) is 1. The second-order valence-electron chi connectivity index (χ2n) is 5.24. The SMILES string of the molecule is CC1CCC(NCc2nncn2C(C)C)C1. The molecular formula is C12H22N4. The molecule has 90 valence electrons. The lowest BCUT2D eigenvalue weighted by atomic mass is 10.1. The lowest BCUT2D eigenvalue weighted by molar-refractivity contribution is 0.472. The predicted molar refractivity (Wildman–Crippen MR) is 64.0 cm³/mol. The van der Waals surface area contributed by atoms with E-state index in [0.717, 1.165) is 18.3 Å². The number of hydrogen-bond donors (Lipinski definition) is 1. The Morgan fingerprint density at radius 2 is 2.31 bits per heavy atom. The molecule has 2 atom stereocenters. The van der Waals surface area contributed by atoms with Crippen LogP contribution in [0.1, 0.15) is 51.9 Å². The largest absolute Gasteiger partial charge is 0.314 e. The minimum Gasteiger partial charge on any atom is -0.314 e. The smallest absolute Gasteiger partial charge is 0.147 e. The molecule has 4 nitrogen and oxygen atoms in total. The molecule has 2 unspecified atom stereocenters. The van der Waals surface area contributed by atoms with Crippen LogP contribution in [0.25, 0.3) is 0 Å². The summed E-state index contributed by atoms with van der Waals surface area (Å²) in [6.07, 6.45) is 5.78. The Labute approximate surface area is 97.5 Å². The highest BCUT2D eigenvalue weighted by Crippen LogP contribution is 2.24. The van der Waals surface area contributed by atoms with E-state index in [-0.39, 0.29) is 0 Å². The summed E-state index contributed by atoms with van der Waals surface area (Å²) < 4.78 is 2.13. The van der Waals surface area contributed by atoms with E-state index < -0.39 is 0 Å². The molecule has 0 aliphatic heterocycles. The molecule has 1 saturated carbocycles. The highest BCUT2D eigenvalue weighted by atomic mass is 15.3. The van der Waals surface area contributed by atoms with Crippen LogP contribution in [-0.4, -0.2) is 20.8 Å². The van der Waals surface area contributed by atoms with Gasteiger partial charge in [0.2, 0.25) is 0 Å². The average Bonchev–Trinajstić information content (AvgIpc) is 2.83. The normalized spacial score (nSPS) is 25.5. The van der Waals surface area contributed by atoms with Crippen LogP contribution >= 0.6 is 0 Å². The van der Waals surface area contributed by atoms with E-state index in [1.54, 1.807) is 0 Å². The lowest BCUT2D eigenvalue weighted by Crippen LogP contribution is -2.27. The third kappa shape index (κ3) is 2.61. The Morgan fingerprint density at radius 3 is 2.94 bits per heavy atom. The van der Waals surface area contributed by atoms with Gasteiger partial charge in [0.1, 0.15) is 12.2 Å². The maximum atomic E-state index is 4.17. The summed E-state index contributed by atoms with van der Waals surface area (Å²) in [5.74, 6) is 1.93. The van der Waals surface area contributed by atoms with Crippen molar-refractivity contribution in [3.05, 3.63) is 12.2 Å². The van der Waals surface area contributed by atoms with Gasteiger partial charge in [-0.2, -0.15) is 0 Å². The first-order valence-corrected chi connectivity index (χ1v) is 6.28. The van der Waals surface area contributed by atoms with Crippen LogP contribution in [0.3, 0.4) is 0 Å². The van der Waals surface area contributed by atoms with Crippen molar-refractivity contribution < 1.29 is 0 Å². The van der Waals surface area contributed by atoms with Crippen molar-refractivity contribution in [2.24, 2.45) is 5.92 Å². The van der Waals surface area contributed by atoms with Crippen molar-refractivity contribution in [2.75, 3.05) is 0 Å². The summed E-state index contributed by atoms with van der Waals surface area (Å²) in [5, 5.41) is 11.7. The van der Waals surface area contributed by atoms with Crippen molar-refractivity contribution >= 4 is 0 Å². The Balaban J connectivity index is 1.87. The van der Waals surface area contributed by atoms with E-state index in [4.69, 9.17) is 0 Å². The standard InChI is InChI=1S/C12H22N4/c1-9(2)16-8-14-15-12(16)7-13-11-5-4-10(3)6-11/h8-11,13H,4-7H2,1-3H3. The zero-order valence-electron chi connectivity index (χ0n) is 10.5. The van der Waals surface area contributed by atoms with Gasteiger partial charge in [0, 0.05) is 12.1 Å². The fraction of sp³-hybridized carbons (Fsp3) is 0.833. The third-order valence-corrected chi connectivity index (χ3v) is 3.45. The maximum Gasteiger partial charge on any atom is 0.147 e. The summed E-state index contributed by atoms with van der Waals surface area (Å²) in [5.41, 5.74) is 0. The first-order valence-electron chi connectivity index (χ1n) is 6.28. The fourth-order valence-corrected chi connectivity index (χ4v) is 2.45. The minimum atomic E-state index is 0.439. The topological polar surface area (TPSA) is 42.7 Å². The van der Waals surface area contributed by atoms with Crippen LogP contribution in [-0.2, 0) is 6.54 Å². The molecule has 4 heteroatoms. The molecule has 16 heavy (non-hydrogen) atoms. The Kier molecular flexibility index (Phi) is 3.59. The third-order valence-electron chi connectivity index (χ3n) is 3.45. The molecule has 2 rings (SSSR count). The van der Waals surface area contributed by atoms with Crippen LogP contribution in [0.15, 0.2) is 6.33 Å². The highest BCUT2D eigenvalue weighted by Gasteiger charge is 2.21. The molecule has 0 spiro atoms. The van der Waals surface area contributed by atoms with Crippen LogP contribution in [0, 0.1) is 5.92 Å². The van der Waals surface area contributed by atoms with E-state index in [2.05, 4.69) is 40.9 Å². The molecule has 1 fully saturated rings. The van der Waals surface area contributed by atoms with Crippen LogP contribution < -0.4 is 5.32 Å². The summed E-state index contributed by atoms with van der Waals surface area (Å²) in [6.45, 7) is 7.49. The fourth-order valence-electron chi connectivity index (χ4n) is 2.45. The van der Waals surface area contributed by atoms with E-state index >= 15 is 0 Å². The number of hydrogen-bond acceptors (Lipinski definition) is 3. The van der Waals surface area contributed by atoms with Gasteiger partial charge in [-0.25, -0.2) is 0 Å². The number of nitrogens with zero attached hydrogens (tertiary/aromatic N) is 3. The first kappa shape index (κ1) is 11.6. The van der Waals surface area contributed by atoms with Gasteiger partial charge in [0.15, 0.2) is 0 Å². The number of rotatable bonds is 4. The van der Waals surface area contributed by atoms with Crippen LogP contribution in [0.5, 0.6) is 0 Å². The molecular weight excluding hydrogens is 200 g/mol. The minimum absolute atomic E-state index is 0.439. The second-order valence-corrected chi connectivity index (χ2v) is 5.24.